The highest BCUT2D eigenvalue weighted by molar-refractivity contribution is 6.31. The minimum Gasteiger partial charge on any atom is -0.490 e. The number of nitrogens with zero attached hydrogens (tertiary/aromatic N) is 2. The molecular weight excluding hydrogens is 372 g/mol. The summed E-state index contributed by atoms with van der Waals surface area (Å²) in [6.45, 7) is 4.39. The third-order valence-corrected chi connectivity index (χ3v) is 4.69. The number of likely N-dealkylation sites (N-methyl/N-ethyl adjacent to an activating group) is 1. The molecule has 0 bridgehead atoms. The van der Waals surface area contributed by atoms with E-state index >= 15 is 0 Å². The number of piperidine rings is 1. The van der Waals surface area contributed by atoms with Crippen molar-refractivity contribution in [1.29, 1.82) is 0 Å². The van der Waals surface area contributed by atoms with Crippen molar-refractivity contribution < 1.29 is 24.2 Å². The number of carboxylic acids is 1. The van der Waals surface area contributed by atoms with Crippen LogP contribution in [0.1, 0.15) is 37.0 Å². The Morgan fingerprint density at radius 2 is 1.93 bits per heavy atom. The zero-order valence-electron chi connectivity index (χ0n) is 15.8. The van der Waals surface area contributed by atoms with E-state index in [2.05, 4.69) is 0 Å². The van der Waals surface area contributed by atoms with Crippen molar-refractivity contribution in [3.63, 3.8) is 0 Å². The van der Waals surface area contributed by atoms with Gasteiger partial charge in [-0.15, -0.1) is 0 Å². The van der Waals surface area contributed by atoms with Gasteiger partial charge in [-0.25, -0.2) is 0 Å². The Morgan fingerprint density at radius 1 is 1.30 bits per heavy atom. The molecule has 0 saturated carbocycles. The average molecular weight is 397 g/mol. The molecule has 1 N–H and O–H groups in total. The zero-order chi connectivity index (χ0) is 20.1. The number of rotatable bonds is 6. The molecule has 1 aliphatic heterocycles. The van der Waals surface area contributed by atoms with E-state index in [-0.39, 0.29) is 24.5 Å². The van der Waals surface area contributed by atoms with E-state index in [0.717, 1.165) is 0 Å². The number of benzene rings is 1. The summed E-state index contributed by atoms with van der Waals surface area (Å²) in [6.07, 6.45) is 0.749. The summed E-state index contributed by atoms with van der Waals surface area (Å²) in [5.41, 5.74) is 0.302. The van der Waals surface area contributed by atoms with Gasteiger partial charge in [0, 0.05) is 25.2 Å². The molecule has 8 heteroatoms. The minimum atomic E-state index is -0.826. The van der Waals surface area contributed by atoms with Crippen LogP contribution in [0.15, 0.2) is 18.2 Å². The summed E-state index contributed by atoms with van der Waals surface area (Å²) in [7, 11) is 1.55. The molecular formula is C19H25ClN2O5. The zero-order valence-corrected chi connectivity index (χ0v) is 16.5. The first-order valence-corrected chi connectivity index (χ1v) is 9.29. The second kappa shape index (κ2) is 9.08. The van der Waals surface area contributed by atoms with Gasteiger partial charge in [0.05, 0.1) is 24.1 Å². The maximum atomic E-state index is 12.8. The van der Waals surface area contributed by atoms with Gasteiger partial charge < -0.3 is 19.6 Å². The average Bonchev–Trinajstić information content (AvgIpc) is 2.62. The topological polar surface area (TPSA) is 87.2 Å². The number of ether oxygens (including phenoxy) is 1. The van der Waals surface area contributed by atoms with Gasteiger partial charge in [-0.05, 0) is 44.9 Å². The molecule has 148 valence electrons. The number of likely N-dealkylation sites (tertiary alicyclic amines) is 1. The monoisotopic (exact) mass is 396 g/mol. The number of hydrogen-bond acceptors (Lipinski definition) is 4. The smallest absolute Gasteiger partial charge is 0.306 e. The third-order valence-electron chi connectivity index (χ3n) is 4.45. The molecule has 1 saturated heterocycles. The standard InChI is InChI=1S/C19H25ClN2O5/c1-12(2)27-16-5-4-14(20)10-15(16)18(24)21(3)11-17(23)22-8-6-13(7-9-22)19(25)26/h4-5,10,12-13H,6-9,11H2,1-3H3,(H,25,26). The van der Waals surface area contributed by atoms with Gasteiger partial charge in [-0.1, -0.05) is 11.6 Å². The maximum Gasteiger partial charge on any atom is 0.306 e. The lowest BCUT2D eigenvalue weighted by Crippen LogP contribution is -2.45. The van der Waals surface area contributed by atoms with Crippen LogP contribution in [0, 0.1) is 5.92 Å². The van der Waals surface area contributed by atoms with E-state index < -0.39 is 11.9 Å². The van der Waals surface area contributed by atoms with Crippen molar-refractivity contribution in [2.75, 3.05) is 26.7 Å². The molecule has 7 nitrogen and oxygen atoms in total. The van der Waals surface area contributed by atoms with Crippen LogP contribution in [0.2, 0.25) is 5.02 Å². The largest absolute Gasteiger partial charge is 0.490 e. The molecule has 0 aliphatic carbocycles. The van der Waals surface area contributed by atoms with Crippen molar-refractivity contribution in [2.45, 2.75) is 32.8 Å². The van der Waals surface area contributed by atoms with Crippen LogP contribution >= 0.6 is 11.6 Å². The van der Waals surface area contributed by atoms with E-state index in [9.17, 15) is 14.4 Å². The lowest BCUT2D eigenvalue weighted by atomic mass is 9.97. The first-order chi connectivity index (χ1) is 12.7. The van der Waals surface area contributed by atoms with Crippen LogP contribution in [0.4, 0.5) is 0 Å². The molecule has 2 rings (SSSR count). The summed E-state index contributed by atoms with van der Waals surface area (Å²) in [6, 6.07) is 4.82. The number of carboxylic acid groups (broad SMARTS) is 1. The van der Waals surface area contributed by atoms with E-state index in [1.54, 1.807) is 24.1 Å². The molecule has 1 aromatic rings. The highest BCUT2D eigenvalue weighted by Crippen LogP contribution is 2.25. The molecule has 1 fully saturated rings. The van der Waals surface area contributed by atoms with Crippen molar-refractivity contribution in [2.24, 2.45) is 5.92 Å². The van der Waals surface area contributed by atoms with Crippen molar-refractivity contribution >= 4 is 29.4 Å². The molecule has 0 radical (unpaired) electrons. The Labute approximate surface area is 163 Å². The van der Waals surface area contributed by atoms with Gasteiger partial charge in [-0.3, -0.25) is 14.4 Å². The molecule has 2 amide bonds. The van der Waals surface area contributed by atoms with Gasteiger partial charge in [0.1, 0.15) is 5.75 Å². The summed E-state index contributed by atoms with van der Waals surface area (Å²) < 4.78 is 5.67. The molecule has 0 aromatic heterocycles. The van der Waals surface area contributed by atoms with Gasteiger partial charge in [-0.2, -0.15) is 0 Å². The summed E-state index contributed by atoms with van der Waals surface area (Å²) in [5, 5.41) is 9.45. The molecule has 27 heavy (non-hydrogen) atoms. The van der Waals surface area contributed by atoms with Gasteiger partial charge in [0.15, 0.2) is 0 Å². The molecule has 1 aliphatic rings. The fraction of sp³-hybridized carbons (Fsp3) is 0.526. The summed E-state index contributed by atoms with van der Waals surface area (Å²) >= 11 is 6.02. The predicted molar refractivity (Wildman–Crippen MR) is 101 cm³/mol. The normalized spacial score (nSPS) is 14.9. The van der Waals surface area contributed by atoms with E-state index in [4.69, 9.17) is 21.4 Å². The second-order valence-corrected chi connectivity index (χ2v) is 7.40. The summed E-state index contributed by atoms with van der Waals surface area (Å²) in [5.74, 6) is -1.38. The van der Waals surface area contributed by atoms with E-state index in [1.165, 1.54) is 11.0 Å². The quantitative estimate of drug-likeness (QED) is 0.798. The van der Waals surface area contributed by atoms with E-state index in [0.29, 0.717) is 42.3 Å². The van der Waals surface area contributed by atoms with Crippen LogP contribution in [0.5, 0.6) is 5.75 Å². The molecule has 0 spiro atoms. The number of halogens is 1. The SMILES string of the molecule is CC(C)Oc1ccc(Cl)cc1C(=O)N(C)CC(=O)N1CCC(C(=O)O)CC1. The van der Waals surface area contributed by atoms with Gasteiger partial charge in [0.25, 0.3) is 5.91 Å². The van der Waals surface area contributed by atoms with E-state index in [1.807, 2.05) is 13.8 Å². The Bertz CT molecular complexity index is 714. The fourth-order valence-corrected chi connectivity index (χ4v) is 3.15. The third kappa shape index (κ3) is 5.60. The van der Waals surface area contributed by atoms with Crippen LogP contribution < -0.4 is 4.74 Å². The van der Waals surface area contributed by atoms with Crippen molar-refractivity contribution in [3.05, 3.63) is 28.8 Å². The highest BCUT2D eigenvalue weighted by atomic mass is 35.5. The number of carbonyl (C=O) groups excluding carboxylic acids is 2. The molecule has 0 unspecified atom stereocenters. The second-order valence-electron chi connectivity index (χ2n) is 6.96. The Kier molecular flexibility index (Phi) is 7.07. The number of hydrogen-bond donors (Lipinski definition) is 1. The molecule has 1 heterocycles. The van der Waals surface area contributed by atoms with Crippen molar-refractivity contribution in [1.82, 2.24) is 9.80 Å². The van der Waals surface area contributed by atoms with Gasteiger partial charge >= 0.3 is 5.97 Å². The fourth-order valence-electron chi connectivity index (χ4n) is 2.98. The lowest BCUT2D eigenvalue weighted by Gasteiger charge is -2.31. The van der Waals surface area contributed by atoms with Gasteiger partial charge in [0.2, 0.25) is 5.91 Å². The molecule has 1 aromatic carbocycles. The Hall–Kier alpha value is -2.28. The lowest BCUT2D eigenvalue weighted by molar-refractivity contribution is -0.145. The predicted octanol–water partition coefficient (Wildman–Crippen LogP) is 2.52. The highest BCUT2D eigenvalue weighted by Gasteiger charge is 2.28. The van der Waals surface area contributed by atoms with Crippen LogP contribution in [0.25, 0.3) is 0 Å². The van der Waals surface area contributed by atoms with Crippen LogP contribution in [0.3, 0.4) is 0 Å². The first kappa shape index (κ1) is 21.0. The Balaban J connectivity index is 2.02. The number of amides is 2. The van der Waals surface area contributed by atoms with Crippen LogP contribution in [-0.2, 0) is 9.59 Å². The molecule has 0 atom stereocenters. The van der Waals surface area contributed by atoms with Crippen molar-refractivity contribution in [3.8, 4) is 5.75 Å². The maximum absolute atomic E-state index is 12.8. The Morgan fingerprint density at radius 3 is 2.48 bits per heavy atom. The first-order valence-electron chi connectivity index (χ1n) is 8.91. The number of aliphatic carboxylic acids is 1. The summed E-state index contributed by atoms with van der Waals surface area (Å²) in [4.78, 5) is 39.2. The number of carbonyl (C=O) groups is 3. The minimum absolute atomic E-state index is 0.0931. The van der Waals surface area contributed by atoms with Crippen LogP contribution in [-0.4, -0.2) is 65.5 Å².